The lowest BCUT2D eigenvalue weighted by molar-refractivity contribution is -0.119. The van der Waals surface area contributed by atoms with E-state index in [4.69, 9.17) is 0 Å². The first-order valence-electron chi connectivity index (χ1n) is 9.18. The molecule has 2 bridgehead atoms. The summed E-state index contributed by atoms with van der Waals surface area (Å²) in [7, 11) is 0. The standard InChI is InChI=1S/C23H22O2S/c1-14-7-6-10-19(15(14)2)22(25)20-21(24)16-11-12-17(13-16)23(20)26-18-8-4-3-5-9-18/h3-10,16-17H,11-13H2,1-2H3. The van der Waals surface area contributed by atoms with Crippen molar-refractivity contribution in [3.63, 3.8) is 0 Å². The molecule has 2 aromatic rings. The summed E-state index contributed by atoms with van der Waals surface area (Å²) in [6.07, 6.45) is 2.82. The number of hydrogen-bond acceptors (Lipinski definition) is 3. The van der Waals surface area contributed by atoms with Crippen LogP contribution in [0, 0.1) is 25.7 Å². The van der Waals surface area contributed by atoms with Crippen molar-refractivity contribution < 1.29 is 9.59 Å². The fraction of sp³-hybridized carbons (Fsp3) is 0.304. The van der Waals surface area contributed by atoms with Crippen LogP contribution in [0.1, 0.15) is 40.7 Å². The number of carbonyl (C=O) groups excluding carboxylic acids is 2. The van der Waals surface area contributed by atoms with Crippen molar-refractivity contribution in [2.75, 3.05) is 0 Å². The van der Waals surface area contributed by atoms with Gasteiger partial charge in [-0.15, -0.1) is 0 Å². The Morgan fingerprint density at radius 3 is 2.46 bits per heavy atom. The minimum atomic E-state index is -0.0915. The third-order valence-corrected chi connectivity index (χ3v) is 6.98. The molecule has 132 valence electrons. The number of fused-ring (bicyclic) bond motifs is 2. The fourth-order valence-electron chi connectivity index (χ4n) is 4.09. The Hall–Kier alpha value is -2.13. The summed E-state index contributed by atoms with van der Waals surface area (Å²) in [5, 5.41) is 0. The van der Waals surface area contributed by atoms with Crippen molar-refractivity contribution in [3.05, 3.63) is 75.7 Å². The van der Waals surface area contributed by atoms with Crippen molar-refractivity contribution >= 4 is 23.3 Å². The van der Waals surface area contributed by atoms with Crippen LogP contribution >= 0.6 is 11.8 Å². The molecule has 0 heterocycles. The fourth-order valence-corrected chi connectivity index (χ4v) is 5.32. The van der Waals surface area contributed by atoms with Gasteiger partial charge >= 0.3 is 0 Å². The highest BCUT2D eigenvalue weighted by Gasteiger charge is 2.43. The minimum Gasteiger partial charge on any atom is -0.294 e. The average Bonchev–Trinajstić information content (AvgIpc) is 3.09. The van der Waals surface area contributed by atoms with Gasteiger partial charge in [0.2, 0.25) is 0 Å². The molecule has 4 rings (SSSR count). The molecule has 0 aromatic heterocycles. The highest BCUT2D eigenvalue weighted by molar-refractivity contribution is 8.03. The van der Waals surface area contributed by atoms with Crippen molar-refractivity contribution in [2.45, 2.75) is 38.0 Å². The molecule has 0 spiro atoms. The number of allylic oxidation sites excluding steroid dienone is 2. The summed E-state index contributed by atoms with van der Waals surface area (Å²) in [6.45, 7) is 3.97. The van der Waals surface area contributed by atoms with Gasteiger partial charge in [0.05, 0.1) is 5.57 Å². The largest absolute Gasteiger partial charge is 0.294 e. The second-order valence-electron chi connectivity index (χ2n) is 7.30. The van der Waals surface area contributed by atoms with E-state index in [1.807, 2.05) is 62.4 Å². The van der Waals surface area contributed by atoms with Crippen LogP contribution < -0.4 is 0 Å². The molecule has 3 heteroatoms. The third-order valence-electron chi connectivity index (χ3n) is 5.71. The van der Waals surface area contributed by atoms with E-state index in [-0.39, 0.29) is 17.5 Å². The van der Waals surface area contributed by atoms with E-state index in [0.29, 0.717) is 17.1 Å². The predicted molar refractivity (Wildman–Crippen MR) is 105 cm³/mol. The highest BCUT2D eigenvalue weighted by Crippen LogP contribution is 2.50. The quantitative estimate of drug-likeness (QED) is 0.529. The van der Waals surface area contributed by atoms with Gasteiger partial charge in [-0.3, -0.25) is 9.59 Å². The molecule has 2 unspecified atom stereocenters. The van der Waals surface area contributed by atoms with Gasteiger partial charge in [-0.05, 0) is 62.3 Å². The summed E-state index contributed by atoms with van der Waals surface area (Å²) in [5.74, 6) is 0.338. The molecule has 2 aliphatic carbocycles. The summed E-state index contributed by atoms with van der Waals surface area (Å²) in [6, 6.07) is 15.8. The van der Waals surface area contributed by atoms with Crippen LogP contribution in [0.2, 0.25) is 0 Å². The molecule has 0 N–H and O–H groups in total. The zero-order chi connectivity index (χ0) is 18.3. The maximum Gasteiger partial charge on any atom is 0.197 e. The molecular weight excluding hydrogens is 340 g/mol. The molecule has 1 fully saturated rings. The van der Waals surface area contributed by atoms with Crippen LogP contribution in [-0.2, 0) is 4.79 Å². The minimum absolute atomic E-state index is 0.0317. The molecule has 0 amide bonds. The SMILES string of the molecule is Cc1cccc(C(=O)C2=C(Sc3ccccc3)C3CCC(C3)C2=O)c1C. The van der Waals surface area contributed by atoms with Crippen LogP contribution in [0.5, 0.6) is 0 Å². The van der Waals surface area contributed by atoms with E-state index >= 15 is 0 Å². The number of benzene rings is 2. The molecule has 26 heavy (non-hydrogen) atoms. The van der Waals surface area contributed by atoms with E-state index in [2.05, 4.69) is 0 Å². The molecule has 2 aromatic carbocycles. The predicted octanol–water partition coefficient (Wildman–Crippen LogP) is 5.53. The molecule has 0 aliphatic heterocycles. The normalized spacial score (nSPS) is 22.0. The molecular formula is C23H22O2S. The summed E-state index contributed by atoms with van der Waals surface area (Å²) < 4.78 is 0. The Kier molecular flexibility index (Phi) is 4.58. The molecule has 2 atom stereocenters. The van der Waals surface area contributed by atoms with Crippen LogP contribution in [0.15, 0.2) is 63.9 Å². The Morgan fingerprint density at radius 1 is 0.962 bits per heavy atom. The molecule has 0 radical (unpaired) electrons. The van der Waals surface area contributed by atoms with Gasteiger partial charge in [0.25, 0.3) is 0 Å². The monoisotopic (exact) mass is 362 g/mol. The van der Waals surface area contributed by atoms with Crippen molar-refractivity contribution in [1.29, 1.82) is 0 Å². The molecule has 2 aliphatic rings. The van der Waals surface area contributed by atoms with Crippen LogP contribution in [0.3, 0.4) is 0 Å². The first-order valence-corrected chi connectivity index (χ1v) is 10.00. The Morgan fingerprint density at radius 2 is 1.69 bits per heavy atom. The van der Waals surface area contributed by atoms with E-state index in [9.17, 15) is 9.59 Å². The van der Waals surface area contributed by atoms with E-state index < -0.39 is 0 Å². The van der Waals surface area contributed by atoms with Gasteiger partial charge in [-0.25, -0.2) is 0 Å². The topological polar surface area (TPSA) is 34.1 Å². The Bertz CT molecular complexity index is 911. The number of ketones is 2. The van der Waals surface area contributed by atoms with Crippen molar-refractivity contribution in [3.8, 4) is 0 Å². The van der Waals surface area contributed by atoms with Gasteiger partial charge in [0.15, 0.2) is 11.6 Å². The van der Waals surface area contributed by atoms with E-state index in [1.54, 1.807) is 11.8 Å². The Balaban J connectivity index is 1.82. The highest BCUT2D eigenvalue weighted by atomic mass is 32.2. The number of aryl methyl sites for hydroxylation is 1. The molecule has 2 nitrogen and oxygen atoms in total. The molecule has 1 saturated carbocycles. The van der Waals surface area contributed by atoms with Crippen molar-refractivity contribution in [2.24, 2.45) is 11.8 Å². The van der Waals surface area contributed by atoms with Crippen LogP contribution in [-0.4, -0.2) is 11.6 Å². The molecule has 0 saturated heterocycles. The summed E-state index contributed by atoms with van der Waals surface area (Å²) in [5.41, 5.74) is 3.17. The maximum atomic E-state index is 13.4. The van der Waals surface area contributed by atoms with E-state index in [1.165, 1.54) is 0 Å². The zero-order valence-corrected chi connectivity index (χ0v) is 15.9. The van der Waals surface area contributed by atoms with E-state index in [0.717, 1.165) is 40.2 Å². The maximum absolute atomic E-state index is 13.4. The number of carbonyl (C=O) groups is 2. The van der Waals surface area contributed by atoms with Gasteiger partial charge in [0.1, 0.15) is 0 Å². The lowest BCUT2D eigenvalue weighted by atomic mass is 9.83. The second-order valence-corrected chi connectivity index (χ2v) is 8.42. The lowest BCUT2D eigenvalue weighted by Gasteiger charge is -2.25. The smallest absolute Gasteiger partial charge is 0.197 e. The van der Waals surface area contributed by atoms with Crippen LogP contribution in [0.25, 0.3) is 0 Å². The first kappa shape index (κ1) is 17.3. The lowest BCUT2D eigenvalue weighted by Crippen LogP contribution is -2.26. The Labute approximate surface area is 158 Å². The summed E-state index contributed by atoms with van der Waals surface area (Å²) in [4.78, 5) is 28.6. The number of Topliss-reactive ketones (excluding diaryl/α,β-unsaturated/α-hetero) is 2. The van der Waals surface area contributed by atoms with Gasteiger partial charge in [-0.1, -0.05) is 48.2 Å². The third kappa shape index (κ3) is 2.95. The summed E-state index contributed by atoms with van der Waals surface area (Å²) >= 11 is 1.61. The first-order chi connectivity index (χ1) is 12.6. The number of rotatable bonds is 4. The zero-order valence-electron chi connectivity index (χ0n) is 15.1. The average molecular weight is 362 g/mol. The van der Waals surface area contributed by atoms with Gasteiger partial charge in [0, 0.05) is 21.3 Å². The number of hydrogen-bond donors (Lipinski definition) is 0. The number of thioether (sulfide) groups is 1. The second kappa shape index (κ2) is 6.88. The van der Waals surface area contributed by atoms with Crippen LogP contribution in [0.4, 0.5) is 0 Å². The van der Waals surface area contributed by atoms with Gasteiger partial charge in [-0.2, -0.15) is 0 Å². The van der Waals surface area contributed by atoms with Gasteiger partial charge < -0.3 is 0 Å². The van der Waals surface area contributed by atoms with Crippen molar-refractivity contribution in [1.82, 2.24) is 0 Å².